The average molecular weight is 219 g/mol. The van der Waals surface area contributed by atoms with Crippen LogP contribution in [0, 0.1) is 5.92 Å². The first-order chi connectivity index (χ1) is 7.81. The molecule has 0 aromatic heterocycles. The molecule has 16 heavy (non-hydrogen) atoms. The van der Waals surface area contributed by atoms with Crippen molar-refractivity contribution in [2.45, 2.75) is 19.4 Å². The predicted octanol–water partition coefficient (Wildman–Crippen LogP) is 1.90. The number of benzene rings is 1. The molecular formula is C13H17NO2. The van der Waals surface area contributed by atoms with Crippen molar-refractivity contribution in [1.82, 2.24) is 5.32 Å². The Hall–Kier alpha value is -1.35. The van der Waals surface area contributed by atoms with E-state index < -0.39 is 0 Å². The molecule has 1 aliphatic rings. The van der Waals surface area contributed by atoms with Crippen molar-refractivity contribution in [1.29, 1.82) is 0 Å². The molecule has 1 aliphatic heterocycles. The van der Waals surface area contributed by atoms with Crippen LogP contribution in [0.5, 0.6) is 0 Å². The van der Waals surface area contributed by atoms with E-state index in [4.69, 9.17) is 4.74 Å². The van der Waals surface area contributed by atoms with Crippen LogP contribution in [-0.4, -0.2) is 19.1 Å². The van der Waals surface area contributed by atoms with Gasteiger partial charge in [-0.2, -0.15) is 0 Å². The molecule has 1 aromatic carbocycles. The molecule has 2 rings (SSSR count). The van der Waals surface area contributed by atoms with Crippen LogP contribution in [0.2, 0.25) is 0 Å². The van der Waals surface area contributed by atoms with Gasteiger partial charge in [-0.15, -0.1) is 0 Å². The Bertz CT molecular complexity index is 350. The third kappa shape index (κ3) is 2.42. The molecule has 3 heteroatoms. The second-order valence-electron chi connectivity index (χ2n) is 4.06. The Labute approximate surface area is 95.8 Å². The number of hydrogen-bond acceptors (Lipinski definition) is 3. The molecular weight excluding hydrogens is 202 g/mol. The Morgan fingerprint density at radius 1 is 1.44 bits per heavy atom. The summed E-state index contributed by atoms with van der Waals surface area (Å²) in [5.41, 5.74) is 1.24. The number of ether oxygens (including phenoxy) is 1. The lowest BCUT2D eigenvalue weighted by Crippen LogP contribution is -2.20. The van der Waals surface area contributed by atoms with E-state index in [1.807, 2.05) is 25.1 Å². The summed E-state index contributed by atoms with van der Waals surface area (Å²) in [6.45, 7) is 3.03. The molecule has 2 unspecified atom stereocenters. The molecule has 1 heterocycles. The van der Waals surface area contributed by atoms with Crippen molar-refractivity contribution >= 4 is 5.97 Å². The number of hydrogen-bond donors (Lipinski definition) is 1. The van der Waals surface area contributed by atoms with Gasteiger partial charge in [0.2, 0.25) is 0 Å². The van der Waals surface area contributed by atoms with Crippen molar-refractivity contribution < 1.29 is 9.53 Å². The summed E-state index contributed by atoms with van der Waals surface area (Å²) in [5.74, 6) is -0.0708. The second-order valence-corrected chi connectivity index (χ2v) is 4.06. The fraction of sp³-hybridized carbons (Fsp3) is 0.462. The van der Waals surface area contributed by atoms with Crippen LogP contribution in [0.4, 0.5) is 0 Å². The van der Waals surface area contributed by atoms with E-state index in [9.17, 15) is 4.79 Å². The Kier molecular flexibility index (Phi) is 3.57. The molecule has 0 spiro atoms. The lowest BCUT2D eigenvalue weighted by atomic mass is 10.0. The van der Waals surface area contributed by atoms with Crippen LogP contribution in [0.15, 0.2) is 30.3 Å². The molecule has 1 fully saturated rings. The normalized spacial score (nSPS) is 24.3. The van der Waals surface area contributed by atoms with Gasteiger partial charge in [0, 0.05) is 12.6 Å². The van der Waals surface area contributed by atoms with Gasteiger partial charge in [-0.1, -0.05) is 30.3 Å². The highest BCUT2D eigenvalue weighted by Crippen LogP contribution is 2.27. The monoisotopic (exact) mass is 219 g/mol. The molecule has 1 N–H and O–H groups in total. The molecule has 3 nitrogen and oxygen atoms in total. The summed E-state index contributed by atoms with van der Waals surface area (Å²) in [4.78, 5) is 11.6. The van der Waals surface area contributed by atoms with Gasteiger partial charge in [0.15, 0.2) is 0 Å². The van der Waals surface area contributed by atoms with Gasteiger partial charge in [0.05, 0.1) is 12.5 Å². The maximum Gasteiger partial charge on any atom is 0.310 e. The van der Waals surface area contributed by atoms with E-state index in [0.717, 1.165) is 13.0 Å². The lowest BCUT2D eigenvalue weighted by Gasteiger charge is -2.10. The van der Waals surface area contributed by atoms with Crippen LogP contribution in [0.3, 0.4) is 0 Å². The highest BCUT2D eigenvalue weighted by atomic mass is 16.5. The van der Waals surface area contributed by atoms with Crippen LogP contribution >= 0.6 is 0 Å². The standard InChI is InChI=1S/C13H17NO2/c1-2-16-13(15)11-8-12(14-9-11)10-6-4-3-5-7-10/h3-7,11-12,14H,2,8-9H2,1H3. The first-order valence-corrected chi connectivity index (χ1v) is 5.76. The van der Waals surface area contributed by atoms with Gasteiger partial charge in [-0.25, -0.2) is 0 Å². The van der Waals surface area contributed by atoms with Crippen molar-refractivity contribution in [3.63, 3.8) is 0 Å². The zero-order valence-electron chi connectivity index (χ0n) is 9.48. The van der Waals surface area contributed by atoms with Crippen molar-refractivity contribution in [2.75, 3.05) is 13.2 Å². The highest BCUT2D eigenvalue weighted by Gasteiger charge is 2.30. The molecule has 0 amide bonds. The van der Waals surface area contributed by atoms with Gasteiger partial charge in [-0.3, -0.25) is 4.79 Å². The number of carbonyl (C=O) groups is 1. The minimum Gasteiger partial charge on any atom is -0.466 e. The third-order valence-electron chi connectivity index (χ3n) is 2.95. The van der Waals surface area contributed by atoms with Crippen molar-refractivity contribution in [3.05, 3.63) is 35.9 Å². The van der Waals surface area contributed by atoms with Gasteiger partial charge in [0.25, 0.3) is 0 Å². The minimum atomic E-state index is -0.0755. The summed E-state index contributed by atoms with van der Waals surface area (Å²) in [5, 5.41) is 3.36. The van der Waals surface area contributed by atoms with E-state index in [0.29, 0.717) is 6.61 Å². The fourth-order valence-electron chi connectivity index (χ4n) is 2.11. The molecule has 86 valence electrons. The Morgan fingerprint density at radius 3 is 2.88 bits per heavy atom. The second kappa shape index (κ2) is 5.12. The lowest BCUT2D eigenvalue weighted by molar-refractivity contribution is -0.147. The molecule has 0 aliphatic carbocycles. The zero-order chi connectivity index (χ0) is 11.4. The topological polar surface area (TPSA) is 38.3 Å². The third-order valence-corrected chi connectivity index (χ3v) is 2.95. The largest absolute Gasteiger partial charge is 0.466 e. The summed E-state index contributed by atoms with van der Waals surface area (Å²) < 4.78 is 5.03. The predicted molar refractivity (Wildman–Crippen MR) is 61.9 cm³/mol. The number of esters is 1. The van der Waals surface area contributed by atoms with Crippen molar-refractivity contribution in [2.24, 2.45) is 5.92 Å². The van der Waals surface area contributed by atoms with Crippen LogP contribution in [-0.2, 0) is 9.53 Å². The zero-order valence-corrected chi connectivity index (χ0v) is 9.48. The first-order valence-electron chi connectivity index (χ1n) is 5.76. The van der Waals surface area contributed by atoms with Crippen LogP contribution < -0.4 is 5.32 Å². The maximum atomic E-state index is 11.6. The van der Waals surface area contributed by atoms with Gasteiger partial charge in [0.1, 0.15) is 0 Å². The van der Waals surface area contributed by atoms with E-state index >= 15 is 0 Å². The number of carbonyl (C=O) groups excluding carboxylic acids is 1. The van der Waals surface area contributed by atoms with Crippen LogP contribution in [0.25, 0.3) is 0 Å². The summed E-state index contributed by atoms with van der Waals surface area (Å²) in [6, 6.07) is 10.5. The number of rotatable bonds is 3. The molecule has 0 saturated carbocycles. The van der Waals surface area contributed by atoms with E-state index in [2.05, 4.69) is 17.4 Å². The molecule has 1 saturated heterocycles. The number of nitrogens with one attached hydrogen (secondary N) is 1. The first kappa shape index (κ1) is 11.1. The van der Waals surface area contributed by atoms with Gasteiger partial charge >= 0.3 is 5.97 Å². The molecule has 1 aromatic rings. The average Bonchev–Trinajstić information content (AvgIpc) is 2.80. The molecule has 0 bridgehead atoms. The molecule has 0 radical (unpaired) electrons. The summed E-state index contributed by atoms with van der Waals surface area (Å²) >= 11 is 0. The Balaban J connectivity index is 1.96. The fourth-order valence-corrected chi connectivity index (χ4v) is 2.11. The van der Waals surface area contributed by atoms with Gasteiger partial charge < -0.3 is 10.1 Å². The van der Waals surface area contributed by atoms with Crippen molar-refractivity contribution in [3.8, 4) is 0 Å². The van der Waals surface area contributed by atoms with E-state index in [1.165, 1.54) is 5.56 Å². The van der Waals surface area contributed by atoms with E-state index in [1.54, 1.807) is 0 Å². The maximum absolute atomic E-state index is 11.6. The molecule has 2 atom stereocenters. The Morgan fingerprint density at radius 2 is 2.19 bits per heavy atom. The van der Waals surface area contributed by atoms with Gasteiger partial charge in [-0.05, 0) is 18.9 Å². The van der Waals surface area contributed by atoms with Crippen LogP contribution in [0.1, 0.15) is 24.9 Å². The highest BCUT2D eigenvalue weighted by molar-refractivity contribution is 5.73. The summed E-state index contributed by atoms with van der Waals surface area (Å²) in [6.07, 6.45) is 0.836. The SMILES string of the molecule is CCOC(=O)C1CNC(c2ccccc2)C1. The smallest absolute Gasteiger partial charge is 0.310 e. The quantitative estimate of drug-likeness (QED) is 0.789. The summed E-state index contributed by atoms with van der Waals surface area (Å²) in [7, 11) is 0. The van der Waals surface area contributed by atoms with E-state index in [-0.39, 0.29) is 17.9 Å². The minimum absolute atomic E-state index is 0.00477.